The van der Waals surface area contributed by atoms with Crippen molar-refractivity contribution >= 4 is 111 Å². The number of unbranched alkanes of at least 4 members (excludes halogenated alkanes) is 3. The zero-order valence-corrected chi connectivity index (χ0v) is 61.7. The molecule has 2 aromatic carbocycles. The fourth-order valence-corrected chi connectivity index (χ4v) is 14.9. The van der Waals surface area contributed by atoms with Crippen molar-refractivity contribution in [3.05, 3.63) is 53.1 Å². The molecule has 596 valence electrons. The number of carbonyl (C=O) groups excluding carboxylic acids is 14. The summed E-state index contributed by atoms with van der Waals surface area (Å²) in [6.45, 7) is 4.03. The number of benzene rings is 2. The van der Waals surface area contributed by atoms with Gasteiger partial charge in [0, 0.05) is 71.1 Å². The lowest BCUT2D eigenvalue weighted by Crippen LogP contribution is -2.67. The number of nitrogens with two attached hydrogens (primary N) is 1. The number of hydrogen-bond acceptors (Lipinski definition) is 27. The van der Waals surface area contributed by atoms with Crippen LogP contribution in [0.3, 0.4) is 0 Å². The molecule has 2 saturated heterocycles. The zero-order chi connectivity index (χ0) is 80.0. The molecule has 6 aliphatic heterocycles. The van der Waals surface area contributed by atoms with Crippen molar-refractivity contribution in [1.29, 1.82) is 0 Å². The topological polar surface area (TPSA) is 560 Å². The highest BCUT2D eigenvalue weighted by atomic mass is 32.2. The molecule has 8 bridgehead atoms. The Morgan fingerprint density at radius 1 is 0.798 bits per heavy atom. The number of methoxy groups -OCH3 is 1. The lowest BCUT2D eigenvalue weighted by Gasteiger charge is -2.43. The Bertz CT molecular complexity index is 4020. The first-order valence-corrected chi connectivity index (χ1v) is 36.4. The third kappa shape index (κ3) is 20.6. The van der Waals surface area contributed by atoms with E-state index >= 15 is 9.00 Å². The van der Waals surface area contributed by atoms with Gasteiger partial charge in [-0.1, -0.05) is 46.1 Å². The molecule has 14 N–H and O–H groups in total. The number of aromatic nitrogens is 1. The number of rotatable bonds is 23. The van der Waals surface area contributed by atoms with Crippen LogP contribution in [0.2, 0.25) is 0 Å². The Morgan fingerprint density at radius 2 is 1.47 bits per heavy atom. The molecule has 7 heterocycles. The number of hydrogen-bond donors (Lipinski definition) is 13. The number of aromatic amines is 1. The molecule has 6 aliphatic rings. The number of nitrogens with zero attached hydrogens (tertiary/aromatic N) is 2. The van der Waals surface area contributed by atoms with E-state index in [1.165, 1.54) is 43.1 Å². The highest BCUT2D eigenvalue weighted by Crippen LogP contribution is 2.38. The van der Waals surface area contributed by atoms with Crippen molar-refractivity contribution in [2.45, 2.75) is 196 Å². The lowest BCUT2D eigenvalue weighted by molar-refractivity contribution is -0.282. The van der Waals surface area contributed by atoms with Crippen LogP contribution in [-0.2, 0) is 115 Å². The summed E-state index contributed by atoms with van der Waals surface area (Å²) in [7, 11) is -0.0567. The van der Waals surface area contributed by atoms with Crippen molar-refractivity contribution < 1.29 is 134 Å². The third-order valence-electron chi connectivity index (χ3n) is 19.2. The molecule has 3 aromatic rings. The highest BCUT2D eigenvalue weighted by molar-refractivity contribution is 7.85. The number of H-pyrrole nitrogens is 1. The fraction of sp³-hybridized carbons (Fsp3) is 0.580. The summed E-state index contributed by atoms with van der Waals surface area (Å²) in [6.07, 6.45) is -13.8. The van der Waals surface area contributed by atoms with Crippen LogP contribution in [-0.4, -0.2) is 266 Å². The molecule has 0 saturated carbocycles. The second-order valence-electron chi connectivity index (χ2n) is 27.1. The number of carboxylic acids is 1. The first-order chi connectivity index (χ1) is 51.6. The number of primary amides is 1. The first-order valence-electron chi connectivity index (χ1n) is 35.1. The van der Waals surface area contributed by atoms with E-state index in [2.05, 4.69) is 42.2 Å². The maximum absolute atomic E-state index is 15.6. The summed E-state index contributed by atoms with van der Waals surface area (Å²) < 4.78 is 60.2. The monoisotopic (exact) mass is 1550 g/mol. The summed E-state index contributed by atoms with van der Waals surface area (Å²) in [4.78, 5) is 212. The minimum Gasteiger partial charge on any atom is -0.478 e. The molecule has 0 aliphatic carbocycles. The third-order valence-corrected chi connectivity index (χ3v) is 20.7. The Labute approximate surface area is 625 Å². The molecule has 9 rings (SSSR count). The van der Waals surface area contributed by atoms with Gasteiger partial charge in [-0.3, -0.25) is 61.7 Å². The molecule has 39 nitrogen and oxygen atoms in total. The second-order valence-corrected chi connectivity index (χ2v) is 28.6. The van der Waals surface area contributed by atoms with Gasteiger partial charge in [-0.25, -0.2) is 14.4 Å². The zero-order valence-electron chi connectivity index (χ0n) is 60.9. The normalized spacial score (nSPS) is 27.1. The van der Waals surface area contributed by atoms with Crippen LogP contribution in [0, 0.1) is 11.8 Å². The van der Waals surface area contributed by atoms with Gasteiger partial charge in [-0.2, -0.15) is 0 Å². The molecular formula is C69H91N11O28S. The fourth-order valence-electron chi connectivity index (χ4n) is 13.5. The van der Waals surface area contributed by atoms with Gasteiger partial charge >= 0.3 is 35.9 Å². The number of nitrogens with one attached hydrogen (secondary N) is 8. The van der Waals surface area contributed by atoms with Crippen LogP contribution in [0.1, 0.15) is 114 Å². The smallest absolute Gasteiger partial charge is 0.409 e. The van der Waals surface area contributed by atoms with Crippen molar-refractivity contribution in [3.8, 4) is 11.5 Å². The molecular weight excluding hydrogens is 1460 g/mol. The largest absolute Gasteiger partial charge is 0.478 e. The molecule has 2 fully saturated rings. The SMILES string of the molecule is CC[C@H](C)[C@@H]1NC(=O)CNC(=O)[C@@H]2Cc3c4[nH]c5cc(ccc35)OC1(CCCCCCN(C)C(=O)OCc1ccc(O[C@@H]3O[C@H](C(=O)OC)[C@@H](OC(C)=O)[C@H](OC(C)=O)[C@H]3OC(C)=O)c(C(=O)O)c1)C(=O)NCC(=O)N[C@@H](CS4=O)C(=O)N[C@@H](CC(N)=O)C(=O)N1C[C@H](O)C[C@H]1C(=O)N[C@@H]([C@@H](C)[C@@H](O)CO)C(=O)N2. The number of aliphatic hydroxyl groups excluding tert-OH is 3. The Hall–Kier alpha value is -10.6. The molecule has 0 radical (unpaired) electrons. The van der Waals surface area contributed by atoms with Gasteiger partial charge in [0.2, 0.25) is 65.3 Å². The lowest BCUT2D eigenvalue weighted by atomic mass is 9.79. The van der Waals surface area contributed by atoms with Gasteiger partial charge in [0.15, 0.2) is 18.3 Å². The predicted molar refractivity (Wildman–Crippen MR) is 371 cm³/mol. The molecule has 109 heavy (non-hydrogen) atoms. The summed E-state index contributed by atoms with van der Waals surface area (Å²) in [5.74, 6) is -18.7. The van der Waals surface area contributed by atoms with Gasteiger partial charge in [0.05, 0.1) is 73.5 Å². The van der Waals surface area contributed by atoms with E-state index in [9.17, 15) is 87.5 Å². The van der Waals surface area contributed by atoms with Crippen molar-refractivity contribution in [2.75, 3.05) is 52.7 Å². The second kappa shape index (κ2) is 37.0. The highest BCUT2D eigenvalue weighted by Gasteiger charge is 2.57. The minimum absolute atomic E-state index is 0.0192. The summed E-state index contributed by atoms with van der Waals surface area (Å²) in [6, 6.07) is -2.44. The van der Waals surface area contributed by atoms with Crippen LogP contribution in [0.5, 0.6) is 11.5 Å². The number of ether oxygens (including phenoxy) is 8. The number of aliphatic hydroxyl groups is 3. The summed E-state index contributed by atoms with van der Waals surface area (Å²) in [5.41, 5.74) is 3.20. The van der Waals surface area contributed by atoms with Crippen LogP contribution in [0.4, 0.5) is 4.79 Å². The molecule has 10 amide bonds. The van der Waals surface area contributed by atoms with E-state index in [0.29, 0.717) is 19.3 Å². The number of carbonyl (C=O) groups is 15. The van der Waals surface area contributed by atoms with Gasteiger partial charge in [0.25, 0.3) is 5.91 Å². The van der Waals surface area contributed by atoms with E-state index in [-0.39, 0.29) is 58.6 Å². The van der Waals surface area contributed by atoms with E-state index in [1.807, 2.05) is 0 Å². The first kappa shape index (κ1) is 84.0. The standard InChI is InChI=1S/C69H91N11O28S/c1-9-31(2)57-69(18-12-10-11-13-19-79(7)68(99)102-29-36-14-17-48(41(20-36)64(95)96)106-66-56(105-35(6)84)54(104-34(5)83)53(103-33(4)82)55(107-66)65(97)101-8)67(98)72-26-50(88)73-45-30-109(100)62-40(39-16-15-38(108-69)22-42(39)76-62)23-43(58(90)71-25-51(89)77-57)74-61(93)52(32(3)47(86)28-81)78-60(92)46-21-37(85)27-80(46)63(94)44(24-49(70)87)75-59(45)91/h14-17,20,22,31-32,37,43-47,52-57,66,76,81,85-86H,9-13,18-19,21,23-30H2,1-8H3,(H2,70,87)(H,71,90)(H,72,98)(H,73,88)(H,74,93)(H,75,91)(H,77,89)(H,78,92)(H,95,96)/t31-,32-,37+,43-,44-,45-,46-,47-,52-,53-,54-,55-,56+,57-,66+,69?,109?/m0/s1. The molecule has 1 aromatic heterocycles. The molecule has 2 unspecified atom stereocenters. The number of fused-ring (bicyclic) bond motifs is 9. The van der Waals surface area contributed by atoms with E-state index in [0.717, 1.165) is 44.9 Å². The van der Waals surface area contributed by atoms with Gasteiger partial charge in [-0.05, 0) is 60.6 Å². The van der Waals surface area contributed by atoms with Crippen LogP contribution in [0.15, 0.2) is 41.4 Å². The predicted octanol–water partition coefficient (Wildman–Crippen LogP) is -3.51. The molecule has 17 atom stereocenters. The van der Waals surface area contributed by atoms with Crippen molar-refractivity contribution in [3.63, 3.8) is 0 Å². The van der Waals surface area contributed by atoms with Crippen LogP contribution >= 0.6 is 0 Å². The van der Waals surface area contributed by atoms with E-state index in [4.69, 9.17) is 43.6 Å². The Morgan fingerprint density at radius 3 is 2.13 bits per heavy atom. The summed E-state index contributed by atoms with van der Waals surface area (Å²) >= 11 is 0. The van der Waals surface area contributed by atoms with Crippen molar-refractivity contribution in [2.24, 2.45) is 17.6 Å². The molecule has 0 spiro atoms. The Kier molecular flexibility index (Phi) is 28.5. The van der Waals surface area contributed by atoms with Crippen LogP contribution in [0.25, 0.3) is 10.9 Å². The van der Waals surface area contributed by atoms with Crippen LogP contribution < -0.4 is 52.4 Å². The average Bonchev–Trinajstić information content (AvgIpc) is 1.72. The Balaban J connectivity index is 1.07. The number of amides is 10. The minimum atomic E-state index is -2.47. The van der Waals surface area contributed by atoms with Gasteiger partial charge in [0.1, 0.15) is 58.9 Å². The number of esters is 4. The molecule has 40 heteroatoms. The van der Waals surface area contributed by atoms with Crippen molar-refractivity contribution in [1.82, 2.24) is 52.0 Å². The maximum Gasteiger partial charge on any atom is 0.409 e. The number of carboxylic acid groups (broad SMARTS) is 1. The average molecular weight is 1550 g/mol. The summed E-state index contributed by atoms with van der Waals surface area (Å²) in [5, 5.41) is 60.4. The maximum atomic E-state index is 15.6. The van der Waals surface area contributed by atoms with E-state index < -0.39 is 266 Å². The van der Waals surface area contributed by atoms with Gasteiger partial charge < -0.3 is 116 Å². The number of aromatic carboxylic acids is 1. The van der Waals surface area contributed by atoms with E-state index in [1.54, 1.807) is 13.8 Å². The van der Waals surface area contributed by atoms with Gasteiger partial charge in [-0.15, -0.1) is 0 Å². The quantitative estimate of drug-likeness (QED) is 0.0249.